The van der Waals surface area contributed by atoms with Crippen molar-refractivity contribution in [2.45, 2.75) is 37.2 Å². The van der Waals surface area contributed by atoms with E-state index in [4.69, 9.17) is 16.3 Å². The Bertz CT molecular complexity index is 1030. The quantitative estimate of drug-likeness (QED) is 0.702. The highest BCUT2D eigenvalue weighted by atomic mass is 35.5. The number of amides is 2. The van der Waals surface area contributed by atoms with Crippen molar-refractivity contribution in [2.75, 3.05) is 18.9 Å². The number of cyclic esters (lactones) is 1. The van der Waals surface area contributed by atoms with E-state index in [0.717, 1.165) is 25.5 Å². The van der Waals surface area contributed by atoms with E-state index in [2.05, 4.69) is 15.6 Å². The number of likely N-dealkylation sites (N-methyl/N-ethyl adjacent to an activating group) is 1. The number of halogens is 4. The van der Waals surface area contributed by atoms with Gasteiger partial charge in [-0.15, -0.1) is 0 Å². The van der Waals surface area contributed by atoms with E-state index in [9.17, 15) is 22.8 Å². The molecule has 1 aliphatic heterocycles. The molecule has 1 aromatic heterocycles. The lowest BCUT2D eigenvalue weighted by Gasteiger charge is -2.30. The van der Waals surface area contributed by atoms with Gasteiger partial charge in [0.25, 0.3) is 5.91 Å². The largest absolute Gasteiger partial charge is 0.434 e. The molecule has 1 aromatic carbocycles. The molecule has 0 saturated carbocycles. The van der Waals surface area contributed by atoms with Gasteiger partial charge in [0, 0.05) is 18.1 Å². The van der Waals surface area contributed by atoms with Crippen LogP contribution < -0.4 is 10.6 Å². The number of ether oxygens (including phenoxy) is 1. The van der Waals surface area contributed by atoms with E-state index in [0.29, 0.717) is 15.6 Å². The molecule has 0 spiro atoms. The van der Waals surface area contributed by atoms with Gasteiger partial charge in [0.1, 0.15) is 0 Å². The Balaban J connectivity index is 1.47. The van der Waals surface area contributed by atoms with Crippen LogP contribution in [0.1, 0.15) is 22.9 Å². The summed E-state index contributed by atoms with van der Waals surface area (Å²) < 4.78 is 46.1. The third-order valence-electron chi connectivity index (χ3n) is 5.54. The fraction of sp³-hybridized carbons (Fsp3) is 0.381. The Kier molecular flexibility index (Phi) is 5.89. The first-order valence-electron chi connectivity index (χ1n) is 9.89. The third kappa shape index (κ3) is 4.59. The number of rotatable bonds is 5. The number of alkyl halides is 3. The number of anilines is 1. The van der Waals surface area contributed by atoms with Crippen molar-refractivity contribution in [3.8, 4) is 0 Å². The third-order valence-corrected chi connectivity index (χ3v) is 5.77. The zero-order valence-electron chi connectivity index (χ0n) is 16.9. The summed E-state index contributed by atoms with van der Waals surface area (Å²) in [6, 6.07) is 6.26. The van der Waals surface area contributed by atoms with Gasteiger partial charge in [-0.05, 0) is 48.2 Å². The van der Waals surface area contributed by atoms with Crippen LogP contribution in [0.5, 0.6) is 0 Å². The Morgan fingerprint density at radius 1 is 1.28 bits per heavy atom. The molecule has 0 bridgehead atoms. The summed E-state index contributed by atoms with van der Waals surface area (Å²) in [6.45, 7) is -0.183. The van der Waals surface area contributed by atoms with Gasteiger partial charge in [-0.2, -0.15) is 13.2 Å². The van der Waals surface area contributed by atoms with E-state index in [1.54, 1.807) is 0 Å². The van der Waals surface area contributed by atoms with Crippen molar-refractivity contribution < 1.29 is 27.5 Å². The number of alkyl carbamates (subject to hydrolysis) is 1. The van der Waals surface area contributed by atoms with Gasteiger partial charge in [-0.25, -0.2) is 4.79 Å². The Hall–Kier alpha value is -3.01. The number of carbonyl (C=O) groups excluding carboxylic acids is 2. The van der Waals surface area contributed by atoms with E-state index < -0.39 is 30.3 Å². The van der Waals surface area contributed by atoms with Crippen LogP contribution in [-0.4, -0.2) is 53.8 Å². The Morgan fingerprint density at radius 2 is 2.03 bits per heavy atom. The number of nitrogens with zero attached hydrogens (tertiary/aromatic N) is 2. The van der Waals surface area contributed by atoms with Crippen LogP contribution in [-0.2, 0) is 22.4 Å². The molecule has 11 heteroatoms. The summed E-state index contributed by atoms with van der Waals surface area (Å²) in [5.41, 5.74) is 2.55. The fourth-order valence-corrected chi connectivity index (χ4v) is 4.24. The maximum atomic E-state index is 13.8. The lowest BCUT2D eigenvalue weighted by atomic mass is 10.1. The zero-order chi connectivity index (χ0) is 23.0. The molecule has 1 unspecified atom stereocenters. The first kappa shape index (κ1) is 22.2. The van der Waals surface area contributed by atoms with E-state index in [-0.39, 0.29) is 18.3 Å². The number of nitrogens with one attached hydrogen (secondary N) is 2. The highest BCUT2D eigenvalue weighted by Gasteiger charge is 2.48. The van der Waals surface area contributed by atoms with Gasteiger partial charge >= 0.3 is 12.3 Å². The number of carbonyl (C=O) groups is 2. The predicted molar refractivity (Wildman–Crippen MR) is 110 cm³/mol. The smallest absolute Gasteiger partial charge is 0.414 e. The molecule has 1 fully saturated rings. The molecule has 3 atom stereocenters. The van der Waals surface area contributed by atoms with Crippen molar-refractivity contribution >= 4 is 29.3 Å². The number of benzene rings is 1. The van der Waals surface area contributed by atoms with Gasteiger partial charge in [0.15, 0.2) is 12.1 Å². The molecular weight excluding hydrogens is 449 g/mol. The summed E-state index contributed by atoms with van der Waals surface area (Å²) in [5, 5.41) is 6.20. The molecule has 32 heavy (non-hydrogen) atoms. The average molecular weight is 469 g/mol. The predicted octanol–water partition coefficient (Wildman–Crippen LogP) is 3.48. The maximum absolute atomic E-state index is 13.8. The van der Waals surface area contributed by atoms with Gasteiger partial charge in [-0.3, -0.25) is 9.78 Å². The minimum Gasteiger partial charge on any atom is -0.434 e. The average Bonchev–Trinajstić information content (AvgIpc) is 3.33. The highest BCUT2D eigenvalue weighted by Crippen LogP contribution is 2.37. The molecule has 1 saturated heterocycles. The van der Waals surface area contributed by atoms with Crippen molar-refractivity contribution in [1.29, 1.82) is 0 Å². The van der Waals surface area contributed by atoms with Crippen LogP contribution in [0.2, 0.25) is 5.02 Å². The van der Waals surface area contributed by atoms with Crippen LogP contribution in [0.3, 0.4) is 0 Å². The van der Waals surface area contributed by atoms with Crippen LogP contribution in [0.25, 0.3) is 0 Å². The molecule has 1 aliphatic carbocycles. The number of aromatic nitrogens is 1. The molecule has 2 N–H and O–H groups in total. The maximum Gasteiger partial charge on any atom is 0.414 e. The number of hydrogen-bond acceptors (Lipinski definition) is 5. The first-order valence-corrected chi connectivity index (χ1v) is 10.3. The van der Waals surface area contributed by atoms with E-state index in [1.165, 1.54) is 23.9 Å². The monoisotopic (exact) mass is 468 g/mol. The second kappa shape index (κ2) is 8.50. The van der Waals surface area contributed by atoms with Crippen LogP contribution in [0, 0.1) is 0 Å². The zero-order valence-corrected chi connectivity index (χ0v) is 17.7. The summed E-state index contributed by atoms with van der Waals surface area (Å²) >= 11 is 6.03. The van der Waals surface area contributed by atoms with Crippen molar-refractivity contribution in [3.05, 3.63) is 58.4 Å². The number of hydrogen-bond donors (Lipinski definition) is 2. The Morgan fingerprint density at radius 3 is 2.66 bits per heavy atom. The first-order chi connectivity index (χ1) is 15.1. The molecule has 0 radical (unpaired) electrons. The minimum absolute atomic E-state index is 0.0725. The molecule has 2 heterocycles. The summed E-state index contributed by atoms with van der Waals surface area (Å²) in [5.74, 6) is -0.961. The SMILES string of the molecule is CN(C(=O)C1CNC(=O)O1)[C@@H](c1ccc(N[C@H]2Cc3ccc(Cl)cc3C2)cn1)C(F)(F)F. The van der Waals surface area contributed by atoms with Crippen LogP contribution in [0.4, 0.5) is 23.7 Å². The summed E-state index contributed by atoms with van der Waals surface area (Å²) in [7, 11) is 1.02. The second-order valence-electron chi connectivity index (χ2n) is 7.80. The molecule has 2 amide bonds. The van der Waals surface area contributed by atoms with Crippen LogP contribution in [0.15, 0.2) is 36.5 Å². The minimum atomic E-state index is -4.77. The summed E-state index contributed by atoms with van der Waals surface area (Å²) in [4.78, 5) is 28.1. The molecule has 170 valence electrons. The lowest BCUT2D eigenvalue weighted by Crippen LogP contribution is -2.45. The van der Waals surface area contributed by atoms with Crippen LogP contribution >= 0.6 is 11.6 Å². The summed E-state index contributed by atoms with van der Waals surface area (Å²) in [6.07, 6.45) is -4.09. The van der Waals surface area contributed by atoms with Gasteiger partial charge in [0.2, 0.25) is 0 Å². The van der Waals surface area contributed by atoms with Gasteiger partial charge in [0.05, 0.1) is 24.1 Å². The van der Waals surface area contributed by atoms with Crippen molar-refractivity contribution in [2.24, 2.45) is 0 Å². The fourth-order valence-electron chi connectivity index (χ4n) is 4.04. The van der Waals surface area contributed by atoms with E-state index >= 15 is 0 Å². The number of fused-ring (bicyclic) bond motifs is 1. The highest BCUT2D eigenvalue weighted by molar-refractivity contribution is 6.30. The van der Waals surface area contributed by atoms with E-state index in [1.807, 2.05) is 18.2 Å². The lowest BCUT2D eigenvalue weighted by molar-refractivity contribution is -0.192. The molecule has 2 aromatic rings. The standard InChI is InChI=1S/C21H20ClF3N4O3/c1-29(19(30)17-10-27-20(31)32-17)18(21(23,24)25)16-5-4-14(9-26-16)28-15-7-11-2-3-13(22)6-12(11)8-15/h2-6,9,15,17-18,28H,7-8,10H2,1H3,(H,27,31)/t15-,17?,18-/m0/s1. The normalized spacial score (nSPS) is 20.8. The second-order valence-corrected chi connectivity index (χ2v) is 8.24. The molecule has 4 rings (SSSR count). The number of pyridine rings is 1. The molecule has 2 aliphatic rings. The molecule has 7 nitrogen and oxygen atoms in total. The van der Waals surface area contributed by atoms with Crippen molar-refractivity contribution in [1.82, 2.24) is 15.2 Å². The Labute approximate surface area is 186 Å². The van der Waals surface area contributed by atoms with Gasteiger partial charge in [-0.1, -0.05) is 17.7 Å². The van der Waals surface area contributed by atoms with Gasteiger partial charge < -0.3 is 20.3 Å². The topological polar surface area (TPSA) is 83.6 Å². The van der Waals surface area contributed by atoms with Crippen molar-refractivity contribution in [3.63, 3.8) is 0 Å². The molecular formula is C21H20ClF3N4O3.